The fourth-order valence-electron chi connectivity index (χ4n) is 5.46. The summed E-state index contributed by atoms with van der Waals surface area (Å²) in [5, 5.41) is 17.1. The zero-order valence-electron chi connectivity index (χ0n) is 21.5. The van der Waals surface area contributed by atoms with Crippen LogP contribution in [0.3, 0.4) is 0 Å². The number of ether oxygens (including phenoxy) is 1. The van der Waals surface area contributed by atoms with Crippen LogP contribution in [0.5, 0.6) is 0 Å². The van der Waals surface area contributed by atoms with Gasteiger partial charge in [-0.15, -0.1) is 0 Å². The first-order chi connectivity index (χ1) is 18.7. The fraction of sp³-hybridized carbons (Fsp3) is 0.429. The number of anilines is 1. The first-order valence-corrected chi connectivity index (χ1v) is 12.9. The average molecular weight is 539 g/mol. The van der Waals surface area contributed by atoms with E-state index in [1.165, 1.54) is 23.0 Å². The van der Waals surface area contributed by atoms with Gasteiger partial charge >= 0.3 is 6.18 Å². The van der Waals surface area contributed by atoms with Crippen molar-refractivity contribution in [3.8, 4) is 11.8 Å². The molecule has 39 heavy (non-hydrogen) atoms. The number of carbonyl (C=O) groups is 1. The maximum absolute atomic E-state index is 13.0. The molecule has 2 aliphatic rings. The van der Waals surface area contributed by atoms with Crippen LogP contribution in [-0.2, 0) is 16.3 Å². The Bertz CT molecular complexity index is 1350. The van der Waals surface area contributed by atoms with Gasteiger partial charge in [0, 0.05) is 19.1 Å². The van der Waals surface area contributed by atoms with E-state index in [2.05, 4.69) is 26.4 Å². The Morgan fingerprint density at radius 3 is 2.38 bits per heavy atom. The third kappa shape index (κ3) is 5.53. The van der Waals surface area contributed by atoms with Crippen molar-refractivity contribution >= 4 is 11.6 Å². The summed E-state index contributed by atoms with van der Waals surface area (Å²) in [5.41, 5.74) is 0.954. The molecule has 3 aromatic rings. The summed E-state index contributed by atoms with van der Waals surface area (Å²) in [4.78, 5) is 20.0. The Hall–Kier alpha value is -3.75. The second kappa shape index (κ2) is 10.8. The van der Waals surface area contributed by atoms with Crippen molar-refractivity contribution in [2.24, 2.45) is 0 Å². The average Bonchev–Trinajstić information content (AvgIpc) is 3.35. The molecule has 1 saturated carbocycles. The smallest absolute Gasteiger partial charge is 0.379 e. The van der Waals surface area contributed by atoms with Gasteiger partial charge in [0.05, 0.1) is 71.0 Å². The highest BCUT2D eigenvalue weighted by molar-refractivity contribution is 6.04. The van der Waals surface area contributed by atoms with Gasteiger partial charge in [-0.2, -0.15) is 23.5 Å². The molecule has 1 aliphatic heterocycles. The molecule has 204 valence electrons. The Labute approximate surface area is 224 Å². The molecule has 1 amide bonds. The first-order valence-electron chi connectivity index (χ1n) is 12.9. The largest absolute Gasteiger partial charge is 0.416 e. The van der Waals surface area contributed by atoms with Crippen LogP contribution in [0.4, 0.5) is 18.9 Å². The second-order valence-corrected chi connectivity index (χ2v) is 10.1. The molecule has 5 rings (SSSR count). The van der Waals surface area contributed by atoms with Gasteiger partial charge in [0.15, 0.2) is 0 Å². The molecule has 8 nitrogen and oxygen atoms in total. The number of alkyl halides is 3. The fourth-order valence-corrected chi connectivity index (χ4v) is 5.46. The van der Waals surface area contributed by atoms with Crippen LogP contribution in [0, 0.1) is 18.3 Å². The van der Waals surface area contributed by atoms with Crippen LogP contribution in [-0.4, -0.2) is 57.9 Å². The topological polar surface area (TPSA) is 96.1 Å². The van der Waals surface area contributed by atoms with Crippen LogP contribution in [0.2, 0.25) is 0 Å². The number of nitrogens with zero attached hydrogens (tertiary/aromatic N) is 5. The number of pyridine rings is 1. The van der Waals surface area contributed by atoms with Gasteiger partial charge in [0.25, 0.3) is 5.91 Å². The minimum Gasteiger partial charge on any atom is -0.379 e. The Morgan fingerprint density at radius 2 is 1.79 bits per heavy atom. The molecule has 11 heteroatoms. The standard InChI is InChI=1S/C28H29F3N6O2/c1-19-24(17-34-37(19)23-5-2-20(3-6-23)28(29,30)31)26(38)35-21-4-7-25(33-16-21)27(18-32)10-8-22(9-11-27)36-12-14-39-15-13-36/h2-7,16-17,22H,8-15H2,1H3,(H,35,38). The number of aromatic nitrogens is 3. The summed E-state index contributed by atoms with van der Waals surface area (Å²) in [5.74, 6) is -0.416. The van der Waals surface area contributed by atoms with E-state index in [9.17, 15) is 23.2 Å². The van der Waals surface area contributed by atoms with E-state index in [0.29, 0.717) is 28.8 Å². The zero-order chi connectivity index (χ0) is 27.6. The van der Waals surface area contributed by atoms with E-state index < -0.39 is 23.1 Å². The number of benzene rings is 1. The van der Waals surface area contributed by atoms with Gasteiger partial charge in [0.1, 0.15) is 0 Å². The first kappa shape index (κ1) is 26.8. The number of hydrogen-bond donors (Lipinski definition) is 1. The summed E-state index contributed by atoms with van der Waals surface area (Å²) >= 11 is 0. The Balaban J connectivity index is 1.24. The molecule has 2 aromatic heterocycles. The highest BCUT2D eigenvalue weighted by Gasteiger charge is 2.40. The van der Waals surface area contributed by atoms with Gasteiger partial charge in [-0.25, -0.2) is 4.68 Å². The monoisotopic (exact) mass is 538 g/mol. The number of amides is 1. The lowest BCUT2D eigenvalue weighted by atomic mass is 9.71. The van der Waals surface area contributed by atoms with Crippen LogP contribution in [0.1, 0.15) is 53.0 Å². The molecular weight excluding hydrogens is 509 g/mol. The maximum atomic E-state index is 13.0. The normalized spacial score (nSPS) is 22.3. The van der Waals surface area contributed by atoms with Gasteiger partial charge in [-0.1, -0.05) is 0 Å². The van der Waals surface area contributed by atoms with Crippen LogP contribution in [0.15, 0.2) is 48.8 Å². The summed E-state index contributed by atoms with van der Waals surface area (Å²) < 4.78 is 45.5. The third-order valence-electron chi connectivity index (χ3n) is 7.79. The highest BCUT2D eigenvalue weighted by Crippen LogP contribution is 2.40. The molecule has 1 saturated heterocycles. The maximum Gasteiger partial charge on any atom is 0.416 e. The van der Waals surface area contributed by atoms with Crippen molar-refractivity contribution in [1.82, 2.24) is 19.7 Å². The molecule has 1 N–H and O–H groups in total. The van der Waals surface area contributed by atoms with E-state index in [4.69, 9.17) is 4.74 Å². The minimum atomic E-state index is -4.43. The molecule has 0 atom stereocenters. The van der Waals surface area contributed by atoms with Gasteiger partial charge in [-0.05, 0) is 69.0 Å². The van der Waals surface area contributed by atoms with E-state index >= 15 is 0 Å². The molecule has 0 radical (unpaired) electrons. The lowest BCUT2D eigenvalue weighted by Crippen LogP contribution is -2.47. The summed E-state index contributed by atoms with van der Waals surface area (Å²) in [6, 6.07) is 11.1. The van der Waals surface area contributed by atoms with Gasteiger partial charge in [0.2, 0.25) is 0 Å². The Kier molecular flexibility index (Phi) is 7.42. The van der Waals surface area contributed by atoms with Crippen LogP contribution < -0.4 is 5.32 Å². The van der Waals surface area contributed by atoms with Crippen LogP contribution in [0.25, 0.3) is 5.69 Å². The van der Waals surface area contributed by atoms with Crippen LogP contribution >= 0.6 is 0 Å². The number of hydrogen-bond acceptors (Lipinski definition) is 6. The zero-order valence-corrected chi connectivity index (χ0v) is 21.5. The molecule has 0 spiro atoms. The summed E-state index contributed by atoms with van der Waals surface area (Å²) in [6.07, 6.45) is 1.81. The molecule has 1 aliphatic carbocycles. The number of morpholine rings is 1. The van der Waals surface area contributed by atoms with E-state index in [1.807, 2.05) is 0 Å². The molecule has 2 fully saturated rings. The molecule has 1 aromatic carbocycles. The minimum absolute atomic E-state index is 0.286. The number of nitriles is 1. The molecule has 3 heterocycles. The lowest BCUT2D eigenvalue weighted by molar-refractivity contribution is -0.137. The molecular formula is C28H29F3N6O2. The van der Waals surface area contributed by atoms with E-state index in [-0.39, 0.29) is 5.56 Å². The van der Waals surface area contributed by atoms with Crippen molar-refractivity contribution in [2.45, 2.75) is 50.2 Å². The van der Waals surface area contributed by atoms with Crippen molar-refractivity contribution in [2.75, 3.05) is 31.6 Å². The third-order valence-corrected chi connectivity index (χ3v) is 7.79. The number of nitrogens with one attached hydrogen (secondary N) is 1. The summed E-state index contributed by atoms with van der Waals surface area (Å²) in [7, 11) is 0. The SMILES string of the molecule is Cc1c(C(=O)Nc2ccc(C3(C#N)CCC(N4CCOCC4)CC3)nc2)cnn1-c1ccc(C(F)(F)F)cc1. The quantitative estimate of drug-likeness (QED) is 0.497. The van der Waals surface area contributed by atoms with Gasteiger partial charge < -0.3 is 10.1 Å². The van der Waals surface area contributed by atoms with E-state index in [0.717, 1.165) is 64.1 Å². The highest BCUT2D eigenvalue weighted by atomic mass is 19.4. The number of halogens is 3. The predicted octanol–water partition coefficient (Wildman–Crippen LogP) is 4.88. The van der Waals surface area contributed by atoms with Gasteiger partial charge in [-0.3, -0.25) is 14.7 Å². The van der Waals surface area contributed by atoms with Crippen molar-refractivity contribution in [1.29, 1.82) is 5.26 Å². The van der Waals surface area contributed by atoms with Crippen molar-refractivity contribution in [3.63, 3.8) is 0 Å². The Morgan fingerprint density at radius 1 is 1.10 bits per heavy atom. The second-order valence-electron chi connectivity index (χ2n) is 10.1. The number of carbonyl (C=O) groups excluding carboxylic acids is 1. The van der Waals surface area contributed by atoms with E-state index in [1.54, 1.807) is 25.3 Å². The van der Waals surface area contributed by atoms with Crippen molar-refractivity contribution in [3.05, 3.63) is 71.3 Å². The number of rotatable bonds is 5. The molecule has 0 unspecified atom stereocenters. The molecule has 0 bridgehead atoms. The van der Waals surface area contributed by atoms with Crippen molar-refractivity contribution < 1.29 is 22.7 Å². The summed E-state index contributed by atoms with van der Waals surface area (Å²) in [6.45, 7) is 5.04. The lowest BCUT2D eigenvalue weighted by Gasteiger charge is -2.41. The predicted molar refractivity (Wildman–Crippen MR) is 137 cm³/mol.